The molecule has 0 saturated heterocycles. The number of carbonyl (C=O) groups is 2. The largest absolute Gasteiger partial charge is 0.361 e. The van der Waals surface area contributed by atoms with E-state index >= 15 is 0 Å². The van der Waals surface area contributed by atoms with Crippen LogP contribution in [0.1, 0.15) is 51.2 Å². The summed E-state index contributed by atoms with van der Waals surface area (Å²) in [5.41, 5.74) is 3.41. The first-order chi connectivity index (χ1) is 16.0. The molecule has 0 aliphatic carbocycles. The van der Waals surface area contributed by atoms with Gasteiger partial charge in [0.1, 0.15) is 0 Å². The summed E-state index contributed by atoms with van der Waals surface area (Å²) < 4.78 is 0. The van der Waals surface area contributed by atoms with Crippen molar-refractivity contribution in [3.05, 3.63) is 71.9 Å². The van der Waals surface area contributed by atoms with Crippen molar-refractivity contribution in [2.75, 3.05) is 19.6 Å². The second-order valence-electron chi connectivity index (χ2n) is 9.18. The Morgan fingerprint density at radius 3 is 2.36 bits per heavy atom. The smallest absolute Gasteiger partial charge is 0.242 e. The predicted molar refractivity (Wildman–Crippen MR) is 135 cm³/mol. The van der Waals surface area contributed by atoms with Crippen LogP contribution in [0.3, 0.4) is 0 Å². The Morgan fingerprint density at radius 2 is 1.64 bits per heavy atom. The molecule has 2 amide bonds. The third kappa shape index (κ3) is 7.21. The molecule has 1 N–H and O–H groups in total. The van der Waals surface area contributed by atoms with Gasteiger partial charge in [-0.1, -0.05) is 75.7 Å². The lowest BCUT2D eigenvalue weighted by atomic mass is 10.1. The molecule has 0 atom stereocenters. The highest BCUT2D eigenvalue weighted by Crippen LogP contribution is 2.19. The van der Waals surface area contributed by atoms with E-state index in [9.17, 15) is 9.59 Å². The Kier molecular flexibility index (Phi) is 9.11. The third-order valence-corrected chi connectivity index (χ3v) is 5.94. The molecular formula is C28H37N3O2. The van der Waals surface area contributed by atoms with Crippen LogP contribution in [0.25, 0.3) is 10.9 Å². The van der Waals surface area contributed by atoms with Gasteiger partial charge in [0.25, 0.3) is 0 Å². The van der Waals surface area contributed by atoms with E-state index in [1.807, 2.05) is 67.4 Å². The van der Waals surface area contributed by atoms with Crippen LogP contribution in [0.5, 0.6) is 0 Å². The van der Waals surface area contributed by atoms with E-state index in [0.29, 0.717) is 26.1 Å². The maximum absolute atomic E-state index is 13.5. The molecule has 3 rings (SSSR count). The summed E-state index contributed by atoms with van der Waals surface area (Å²) >= 11 is 0. The number of amides is 2. The average Bonchev–Trinajstić information content (AvgIpc) is 3.22. The minimum absolute atomic E-state index is 0.00639. The molecule has 1 aromatic heterocycles. The summed E-state index contributed by atoms with van der Waals surface area (Å²) in [5.74, 6) is 0.356. The number of benzene rings is 2. The van der Waals surface area contributed by atoms with Crippen molar-refractivity contribution in [2.45, 2.75) is 53.0 Å². The van der Waals surface area contributed by atoms with Gasteiger partial charge in [0, 0.05) is 43.2 Å². The van der Waals surface area contributed by atoms with Crippen molar-refractivity contribution in [1.29, 1.82) is 0 Å². The predicted octanol–water partition coefficient (Wildman–Crippen LogP) is 5.41. The average molecular weight is 448 g/mol. The van der Waals surface area contributed by atoms with E-state index in [-0.39, 0.29) is 24.3 Å². The highest BCUT2D eigenvalue weighted by Gasteiger charge is 2.22. The Balaban J connectivity index is 1.75. The Labute approximate surface area is 197 Å². The highest BCUT2D eigenvalue weighted by molar-refractivity contribution is 5.85. The molecule has 0 aliphatic heterocycles. The van der Waals surface area contributed by atoms with Crippen molar-refractivity contribution >= 4 is 22.7 Å². The molecule has 5 nitrogen and oxygen atoms in total. The fourth-order valence-corrected chi connectivity index (χ4v) is 4.07. The van der Waals surface area contributed by atoms with Gasteiger partial charge in [0.05, 0.1) is 6.54 Å². The summed E-state index contributed by atoms with van der Waals surface area (Å²) in [5, 5.41) is 1.20. The molecule has 0 spiro atoms. The number of H-pyrrole nitrogens is 1. The topological polar surface area (TPSA) is 56.4 Å². The Morgan fingerprint density at radius 1 is 0.909 bits per heavy atom. The quantitative estimate of drug-likeness (QED) is 0.403. The van der Waals surface area contributed by atoms with Gasteiger partial charge < -0.3 is 14.8 Å². The molecule has 0 unspecified atom stereocenters. The molecule has 0 bridgehead atoms. The second kappa shape index (κ2) is 12.2. The van der Waals surface area contributed by atoms with Crippen molar-refractivity contribution in [1.82, 2.24) is 14.8 Å². The van der Waals surface area contributed by atoms with Crippen LogP contribution in [0.15, 0.2) is 60.8 Å². The first kappa shape index (κ1) is 24.6. The van der Waals surface area contributed by atoms with Crippen molar-refractivity contribution in [3.8, 4) is 0 Å². The van der Waals surface area contributed by atoms with E-state index < -0.39 is 0 Å². The number of nitrogens with one attached hydrogen (secondary N) is 1. The number of hydrogen-bond acceptors (Lipinski definition) is 2. The van der Waals surface area contributed by atoms with Crippen LogP contribution in [0, 0.1) is 5.92 Å². The van der Waals surface area contributed by atoms with Crippen LogP contribution < -0.4 is 0 Å². The molecular weight excluding hydrogens is 410 g/mol. The monoisotopic (exact) mass is 447 g/mol. The molecule has 33 heavy (non-hydrogen) atoms. The van der Waals surface area contributed by atoms with Crippen LogP contribution in [-0.4, -0.2) is 46.2 Å². The van der Waals surface area contributed by atoms with Gasteiger partial charge in [-0.05, 0) is 36.0 Å². The summed E-state index contributed by atoms with van der Waals surface area (Å²) in [7, 11) is 0. The molecule has 0 saturated carbocycles. The zero-order chi connectivity index (χ0) is 23.6. The molecule has 0 radical (unpaired) electrons. The Hall–Kier alpha value is -3.08. The summed E-state index contributed by atoms with van der Waals surface area (Å²) in [6, 6.07) is 18.3. The lowest BCUT2D eigenvalue weighted by Gasteiger charge is -2.28. The SMILES string of the molecule is CCCCN(CC(=O)N(CCc1c[nH]c2ccccc12)Cc1ccccc1)C(=O)CC(C)C. The fraction of sp³-hybridized carbons (Fsp3) is 0.429. The minimum Gasteiger partial charge on any atom is -0.361 e. The molecule has 5 heteroatoms. The minimum atomic E-state index is 0.00639. The van der Waals surface area contributed by atoms with Crippen molar-refractivity contribution in [3.63, 3.8) is 0 Å². The van der Waals surface area contributed by atoms with E-state index in [0.717, 1.165) is 30.3 Å². The standard InChI is InChI=1S/C28H37N3O2/c1-4-5-16-30(27(32)18-22(2)3)21-28(33)31(20-23-11-7-6-8-12-23)17-15-24-19-29-26-14-10-9-13-25(24)26/h6-14,19,22,29H,4-5,15-18,20-21H2,1-3H3. The number of rotatable bonds is 12. The lowest BCUT2D eigenvalue weighted by molar-refractivity contribution is -0.141. The molecule has 0 fully saturated rings. The maximum Gasteiger partial charge on any atom is 0.242 e. The third-order valence-electron chi connectivity index (χ3n) is 5.94. The number of unbranched alkanes of at least 4 members (excludes halogenated alkanes) is 1. The van der Waals surface area contributed by atoms with Gasteiger partial charge >= 0.3 is 0 Å². The van der Waals surface area contributed by atoms with E-state index in [1.165, 1.54) is 10.9 Å². The molecule has 1 heterocycles. The van der Waals surface area contributed by atoms with Crippen LogP contribution in [0.4, 0.5) is 0 Å². The fourth-order valence-electron chi connectivity index (χ4n) is 4.07. The van der Waals surface area contributed by atoms with E-state index in [2.05, 4.69) is 24.0 Å². The van der Waals surface area contributed by atoms with E-state index in [1.54, 1.807) is 4.90 Å². The molecule has 3 aromatic rings. The lowest BCUT2D eigenvalue weighted by Crippen LogP contribution is -2.44. The molecule has 0 aliphatic rings. The second-order valence-corrected chi connectivity index (χ2v) is 9.18. The van der Waals surface area contributed by atoms with Crippen molar-refractivity contribution in [2.24, 2.45) is 5.92 Å². The van der Waals surface area contributed by atoms with E-state index in [4.69, 9.17) is 0 Å². The molecule has 2 aromatic carbocycles. The maximum atomic E-state index is 13.5. The first-order valence-electron chi connectivity index (χ1n) is 12.1. The zero-order valence-electron chi connectivity index (χ0n) is 20.2. The van der Waals surface area contributed by atoms with Crippen LogP contribution in [-0.2, 0) is 22.6 Å². The summed E-state index contributed by atoms with van der Waals surface area (Å²) in [6.45, 7) is 8.12. The van der Waals surface area contributed by atoms with Gasteiger partial charge in [-0.3, -0.25) is 9.59 Å². The number of aromatic amines is 1. The van der Waals surface area contributed by atoms with Gasteiger partial charge in [-0.15, -0.1) is 0 Å². The first-order valence-corrected chi connectivity index (χ1v) is 12.1. The van der Waals surface area contributed by atoms with Crippen LogP contribution >= 0.6 is 0 Å². The number of fused-ring (bicyclic) bond motifs is 1. The highest BCUT2D eigenvalue weighted by atomic mass is 16.2. The summed E-state index contributed by atoms with van der Waals surface area (Å²) in [4.78, 5) is 33.3. The van der Waals surface area contributed by atoms with Gasteiger partial charge in [0.15, 0.2) is 0 Å². The van der Waals surface area contributed by atoms with Gasteiger partial charge in [-0.25, -0.2) is 0 Å². The summed E-state index contributed by atoms with van der Waals surface area (Å²) in [6.07, 6.45) is 5.18. The Bertz CT molecular complexity index is 1030. The number of hydrogen-bond donors (Lipinski definition) is 1. The number of aromatic nitrogens is 1. The van der Waals surface area contributed by atoms with Gasteiger partial charge in [-0.2, -0.15) is 0 Å². The van der Waals surface area contributed by atoms with Crippen molar-refractivity contribution < 1.29 is 9.59 Å². The number of carbonyl (C=O) groups excluding carboxylic acids is 2. The van der Waals surface area contributed by atoms with Gasteiger partial charge in [0.2, 0.25) is 11.8 Å². The number of para-hydroxylation sites is 1. The number of nitrogens with zero attached hydrogens (tertiary/aromatic N) is 2. The molecule has 176 valence electrons. The normalized spacial score (nSPS) is 11.2. The van der Waals surface area contributed by atoms with Crippen LogP contribution in [0.2, 0.25) is 0 Å². The zero-order valence-corrected chi connectivity index (χ0v) is 20.2.